The summed E-state index contributed by atoms with van der Waals surface area (Å²) < 4.78 is 4.93. The maximum absolute atomic E-state index is 11.6. The Hall–Kier alpha value is -1.58. The Morgan fingerprint density at radius 2 is 2.33 bits per heavy atom. The number of ether oxygens (including phenoxy) is 1. The van der Waals surface area contributed by atoms with Gasteiger partial charge in [-0.25, -0.2) is 4.98 Å². The average molecular weight is 206 g/mol. The molecular formula is C11H14N2O2. The maximum Gasteiger partial charge on any atom is 0.227 e. The monoisotopic (exact) mass is 206 g/mol. The number of hydrogen-bond acceptors (Lipinski definition) is 3. The summed E-state index contributed by atoms with van der Waals surface area (Å²) >= 11 is 0. The second-order valence-electron chi connectivity index (χ2n) is 3.90. The van der Waals surface area contributed by atoms with Gasteiger partial charge in [-0.15, -0.1) is 0 Å². The van der Waals surface area contributed by atoms with Crippen LogP contribution in [0.3, 0.4) is 0 Å². The van der Waals surface area contributed by atoms with E-state index in [0.717, 1.165) is 12.1 Å². The number of methoxy groups -OCH3 is 1. The fourth-order valence-electron chi connectivity index (χ4n) is 1.50. The van der Waals surface area contributed by atoms with E-state index in [1.807, 2.05) is 0 Å². The van der Waals surface area contributed by atoms with Gasteiger partial charge in [0, 0.05) is 12.0 Å². The van der Waals surface area contributed by atoms with E-state index < -0.39 is 0 Å². The zero-order valence-corrected chi connectivity index (χ0v) is 8.86. The lowest BCUT2D eigenvalue weighted by molar-refractivity contribution is -0.117. The third-order valence-corrected chi connectivity index (χ3v) is 2.66. The van der Waals surface area contributed by atoms with Crippen LogP contribution in [0.25, 0.3) is 0 Å². The highest BCUT2D eigenvalue weighted by atomic mass is 16.5. The minimum atomic E-state index is 0.0921. The molecular weight excluding hydrogens is 192 g/mol. The minimum Gasteiger partial charge on any atom is -0.481 e. The molecule has 1 amide bonds. The first kappa shape index (κ1) is 9.96. The van der Waals surface area contributed by atoms with Gasteiger partial charge < -0.3 is 10.1 Å². The smallest absolute Gasteiger partial charge is 0.227 e. The number of aromatic nitrogens is 1. The standard InChI is InChI=1S/C11H14N2O2/c1-7-5-9(7)11(14)13-8-3-4-10(15-2)12-6-8/h3-4,6-7,9H,5H2,1-2H3,(H,13,14)/t7-,9+/m0/s1. The van der Waals surface area contributed by atoms with Crippen LogP contribution in [-0.2, 0) is 4.79 Å². The van der Waals surface area contributed by atoms with Gasteiger partial charge in [-0.05, 0) is 18.4 Å². The molecule has 80 valence electrons. The molecule has 2 atom stereocenters. The molecule has 1 fully saturated rings. The lowest BCUT2D eigenvalue weighted by atomic mass is 10.3. The molecule has 4 nitrogen and oxygen atoms in total. The van der Waals surface area contributed by atoms with Crippen molar-refractivity contribution in [1.29, 1.82) is 0 Å². The molecule has 0 bridgehead atoms. The topological polar surface area (TPSA) is 51.2 Å². The highest BCUT2D eigenvalue weighted by Gasteiger charge is 2.39. The number of rotatable bonds is 3. The van der Waals surface area contributed by atoms with E-state index in [0.29, 0.717) is 11.8 Å². The molecule has 1 aliphatic carbocycles. The number of amides is 1. The van der Waals surface area contributed by atoms with Crippen LogP contribution in [0.15, 0.2) is 18.3 Å². The molecule has 4 heteroatoms. The number of nitrogens with one attached hydrogen (secondary N) is 1. The molecule has 0 aliphatic heterocycles. The van der Waals surface area contributed by atoms with Crippen LogP contribution < -0.4 is 10.1 Å². The first-order chi connectivity index (χ1) is 7.20. The molecule has 0 radical (unpaired) electrons. The number of pyridine rings is 1. The second-order valence-corrected chi connectivity index (χ2v) is 3.90. The van der Waals surface area contributed by atoms with Crippen molar-refractivity contribution in [3.8, 4) is 5.88 Å². The quantitative estimate of drug-likeness (QED) is 0.818. The van der Waals surface area contributed by atoms with E-state index in [1.165, 1.54) is 0 Å². The van der Waals surface area contributed by atoms with Gasteiger partial charge in [-0.3, -0.25) is 4.79 Å². The fourth-order valence-corrected chi connectivity index (χ4v) is 1.50. The van der Waals surface area contributed by atoms with Crippen molar-refractivity contribution in [2.75, 3.05) is 12.4 Å². The van der Waals surface area contributed by atoms with Crippen molar-refractivity contribution in [3.63, 3.8) is 0 Å². The summed E-state index contributed by atoms with van der Waals surface area (Å²) in [7, 11) is 1.56. The molecule has 1 aromatic rings. The number of carbonyl (C=O) groups is 1. The third-order valence-electron chi connectivity index (χ3n) is 2.66. The highest BCUT2D eigenvalue weighted by Crippen LogP contribution is 2.38. The minimum absolute atomic E-state index is 0.0921. The Bertz CT molecular complexity index is 361. The summed E-state index contributed by atoms with van der Waals surface area (Å²) in [5, 5.41) is 2.83. The van der Waals surface area contributed by atoms with Gasteiger partial charge in [-0.2, -0.15) is 0 Å². The van der Waals surface area contributed by atoms with Crippen LogP contribution in [0, 0.1) is 11.8 Å². The normalized spacial score (nSPS) is 23.3. The van der Waals surface area contributed by atoms with Crippen LogP contribution in [-0.4, -0.2) is 18.0 Å². The summed E-state index contributed by atoms with van der Waals surface area (Å²) in [6.07, 6.45) is 2.60. The zero-order chi connectivity index (χ0) is 10.8. The molecule has 0 unspecified atom stereocenters. The van der Waals surface area contributed by atoms with E-state index >= 15 is 0 Å². The Morgan fingerprint density at radius 3 is 2.80 bits per heavy atom. The van der Waals surface area contributed by atoms with Crippen molar-refractivity contribution >= 4 is 11.6 Å². The summed E-state index contributed by atoms with van der Waals surface area (Å²) in [6, 6.07) is 3.52. The molecule has 1 saturated carbocycles. The first-order valence-corrected chi connectivity index (χ1v) is 5.01. The highest BCUT2D eigenvalue weighted by molar-refractivity contribution is 5.94. The lowest BCUT2D eigenvalue weighted by Crippen LogP contribution is -2.14. The number of carbonyl (C=O) groups excluding carboxylic acids is 1. The molecule has 0 aromatic carbocycles. The number of hydrogen-bond donors (Lipinski definition) is 1. The van der Waals surface area contributed by atoms with E-state index in [9.17, 15) is 4.79 Å². The molecule has 1 aromatic heterocycles. The molecule has 0 spiro atoms. The van der Waals surface area contributed by atoms with Gasteiger partial charge in [0.2, 0.25) is 11.8 Å². The molecule has 15 heavy (non-hydrogen) atoms. The first-order valence-electron chi connectivity index (χ1n) is 5.01. The van der Waals surface area contributed by atoms with Crippen molar-refractivity contribution in [1.82, 2.24) is 4.98 Å². The third kappa shape index (κ3) is 2.26. The Balaban J connectivity index is 1.95. The van der Waals surface area contributed by atoms with Crippen LogP contribution in [0.5, 0.6) is 5.88 Å². The number of nitrogens with zero attached hydrogens (tertiary/aromatic N) is 1. The van der Waals surface area contributed by atoms with Crippen molar-refractivity contribution in [3.05, 3.63) is 18.3 Å². The molecule has 0 saturated heterocycles. The fraction of sp³-hybridized carbons (Fsp3) is 0.455. The van der Waals surface area contributed by atoms with Crippen molar-refractivity contribution in [2.45, 2.75) is 13.3 Å². The van der Waals surface area contributed by atoms with E-state index in [1.54, 1.807) is 25.4 Å². The predicted octanol–water partition coefficient (Wildman–Crippen LogP) is 1.68. The van der Waals surface area contributed by atoms with Gasteiger partial charge in [-0.1, -0.05) is 6.92 Å². The Labute approximate surface area is 88.7 Å². The molecule has 1 N–H and O–H groups in total. The van der Waals surface area contributed by atoms with Crippen LogP contribution in [0.1, 0.15) is 13.3 Å². The Kier molecular flexibility index (Phi) is 2.58. The van der Waals surface area contributed by atoms with Crippen LogP contribution >= 0.6 is 0 Å². The van der Waals surface area contributed by atoms with Gasteiger partial charge in [0.1, 0.15) is 0 Å². The van der Waals surface area contributed by atoms with Crippen LogP contribution in [0.2, 0.25) is 0 Å². The summed E-state index contributed by atoms with van der Waals surface area (Å²) in [5.74, 6) is 1.35. The van der Waals surface area contributed by atoms with Gasteiger partial charge in [0.15, 0.2) is 0 Å². The zero-order valence-electron chi connectivity index (χ0n) is 8.86. The summed E-state index contributed by atoms with van der Waals surface area (Å²) in [5.41, 5.74) is 0.722. The van der Waals surface area contributed by atoms with E-state index in [-0.39, 0.29) is 11.8 Å². The second kappa shape index (κ2) is 3.88. The Morgan fingerprint density at radius 1 is 1.60 bits per heavy atom. The van der Waals surface area contributed by atoms with E-state index in [4.69, 9.17) is 4.74 Å². The average Bonchev–Trinajstić information content (AvgIpc) is 2.97. The SMILES string of the molecule is COc1ccc(NC(=O)[C@@H]2C[C@@H]2C)cn1. The number of anilines is 1. The summed E-state index contributed by atoms with van der Waals surface area (Å²) in [4.78, 5) is 15.6. The van der Waals surface area contributed by atoms with Gasteiger partial charge >= 0.3 is 0 Å². The van der Waals surface area contributed by atoms with Crippen LogP contribution in [0.4, 0.5) is 5.69 Å². The molecule has 1 aliphatic rings. The van der Waals surface area contributed by atoms with Crippen molar-refractivity contribution < 1.29 is 9.53 Å². The molecule has 2 rings (SSSR count). The predicted molar refractivity (Wildman–Crippen MR) is 56.7 cm³/mol. The maximum atomic E-state index is 11.6. The largest absolute Gasteiger partial charge is 0.481 e. The van der Waals surface area contributed by atoms with E-state index in [2.05, 4.69) is 17.2 Å². The van der Waals surface area contributed by atoms with Crippen molar-refractivity contribution in [2.24, 2.45) is 11.8 Å². The van der Waals surface area contributed by atoms with Gasteiger partial charge in [0.05, 0.1) is 19.0 Å². The summed E-state index contributed by atoms with van der Waals surface area (Å²) in [6.45, 7) is 2.08. The van der Waals surface area contributed by atoms with Gasteiger partial charge in [0.25, 0.3) is 0 Å². The molecule has 1 heterocycles. The lowest BCUT2D eigenvalue weighted by Gasteiger charge is -2.04.